The van der Waals surface area contributed by atoms with Crippen LogP contribution in [0, 0.1) is 0 Å². The first-order valence-electron chi connectivity index (χ1n) is 5.39. The fourth-order valence-corrected chi connectivity index (χ4v) is 1.34. The first-order valence-corrected chi connectivity index (χ1v) is 5.39. The van der Waals surface area contributed by atoms with Gasteiger partial charge in [0, 0.05) is 25.1 Å². The average Bonchev–Trinajstić information content (AvgIpc) is 2.46. The van der Waals surface area contributed by atoms with Gasteiger partial charge in [0.15, 0.2) is 0 Å². The molecule has 0 bridgehead atoms. The lowest BCUT2D eigenvalue weighted by atomic mass is 10.2. The van der Waals surface area contributed by atoms with Crippen LogP contribution in [0.5, 0.6) is 0 Å². The summed E-state index contributed by atoms with van der Waals surface area (Å²) in [6, 6.07) is 2.97. The number of nitrogens with zero attached hydrogens (tertiary/aromatic N) is 3. The van der Waals surface area contributed by atoms with E-state index in [2.05, 4.69) is 20.3 Å². The number of hydrogen-bond acceptors (Lipinski definition) is 5. The Kier molecular flexibility index (Phi) is 3.77. The minimum atomic E-state index is -1.09. The molecular weight excluding hydrogens is 248 g/mol. The summed E-state index contributed by atoms with van der Waals surface area (Å²) in [5, 5.41) is 11.3. The zero-order valence-corrected chi connectivity index (χ0v) is 9.78. The Hall–Kier alpha value is -2.83. The number of carbonyl (C=O) groups excluding carboxylic acids is 1. The average molecular weight is 258 g/mol. The summed E-state index contributed by atoms with van der Waals surface area (Å²) in [5.74, 6) is -1.44. The Balaban J connectivity index is 1.95. The van der Waals surface area contributed by atoms with Gasteiger partial charge in [0.25, 0.3) is 5.91 Å². The molecular formula is C12H10N4O3. The minimum absolute atomic E-state index is 0.0380. The molecule has 1 amide bonds. The van der Waals surface area contributed by atoms with Gasteiger partial charge in [-0.05, 0) is 11.6 Å². The van der Waals surface area contributed by atoms with Gasteiger partial charge in [-0.1, -0.05) is 6.07 Å². The highest BCUT2D eigenvalue weighted by Gasteiger charge is 2.07. The van der Waals surface area contributed by atoms with E-state index in [-0.39, 0.29) is 23.8 Å². The SMILES string of the molecule is O=C(O)c1ccc(CNC(=O)c2cnccn2)cn1. The van der Waals surface area contributed by atoms with Crippen LogP contribution in [0.2, 0.25) is 0 Å². The molecule has 0 saturated heterocycles. The van der Waals surface area contributed by atoms with Crippen LogP contribution in [-0.4, -0.2) is 31.9 Å². The van der Waals surface area contributed by atoms with Crippen LogP contribution in [-0.2, 0) is 6.54 Å². The van der Waals surface area contributed by atoms with Crippen LogP contribution in [0.1, 0.15) is 26.5 Å². The van der Waals surface area contributed by atoms with Crippen molar-refractivity contribution >= 4 is 11.9 Å². The highest BCUT2D eigenvalue weighted by atomic mass is 16.4. The second kappa shape index (κ2) is 5.67. The number of hydrogen-bond donors (Lipinski definition) is 2. The Labute approximate surface area is 108 Å². The van der Waals surface area contributed by atoms with Crippen LogP contribution in [0.4, 0.5) is 0 Å². The summed E-state index contributed by atoms with van der Waals surface area (Å²) >= 11 is 0. The molecule has 0 aliphatic rings. The number of pyridine rings is 1. The van der Waals surface area contributed by atoms with Crippen molar-refractivity contribution in [2.24, 2.45) is 0 Å². The van der Waals surface area contributed by atoms with E-state index in [1.165, 1.54) is 30.9 Å². The number of carboxylic acids is 1. The normalized spacial score (nSPS) is 9.89. The fourth-order valence-electron chi connectivity index (χ4n) is 1.34. The van der Waals surface area contributed by atoms with E-state index < -0.39 is 5.97 Å². The lowest BCUT2D eigenvalue weighted by Crippen LogP contribution is -2.24. The fraction of sp³-hybridized carbons (Fsp3) is 0.0833. The molecule has 0 spiro atoms. The van der Waals surface area contributed by atoms with Gasteiger partial charge in [-0.3, -0.25) is 9.78 Å². The van der Waals surface area contributed by atoms with Gasteiger partial charge < -0.3 is 10.4 Å². The summed E-state index contributed by atoms with van der Waals surface area (Å²) in [7, 11) is 0. The number of carboxylic acid groups (broad SMARTS) is 1. The molecule has 0 aromatic carbocycles. The summed E-state index contributed by atoms with van der Waals surface area (Å²) in [6.07, 6.45) is 5.67. The van der Waals surface area contributed by atoms with Crippen LogP contribution in [0.3, 0.4) is 0 Å². The van der Waals surface area contributed by atoms with Crippen LogP contribution >= 0.6 is 0 Å². The lowest BCUT2D eigenvalue weighted by molar-refractivity contribution is 0.0690. The highest BCUT2D eigenvalue weighted by Crippen LogP contribution is 2.01. The molecule has 0 saturated carbocycles. The Morgan fingerprint density at radius 1 is 1.11 bits per heavy atom. The number of amides is 1. The number of aromatic nitrogens is 3. The van der Waals surface area contributed by atoms with Crippen molar-refractivity contribution in [3.8, 4) is 0 Å². The van der Waals surface area contributed by atoms with E-state index in [0.29, 0.717) is 5.56 Å². The number of nitrogens with one attached hydrogen (secondary N) is 1. The van der Waals surface area contributed by atoms with Crippen LogP contribution in [0.15, 0.2) is 36.9 Å². The van der Waals surface area contributed by atoms with Gasteiger partial charge in [0.05, 0.1) is 6.20 Å². The molecule has 0 unspecified atom stereocenters. The molecule has 7 nitrogen and oxygen atoms in total. The van der Waals surface area contributed by atoms with Crippen molar-refractivity contribution in [1.82, 2.24) is 20.3 Å². The van der Waals surface area contributed by atoms with Gasteiger partial charge in [-0.2, -0.15) is 0 Å². The molecule has 0 atom stereocenters. The molecule has 2 rings (SSSR count). The van der Waals surface area contributed by atoms with E-state index >= 15 is 0 Å². The Morgan fingerprint density at radius 3 is 2.53 bits per heavy atom. The maximum absolute atomic E-state index is 11.7. The molecule has 19 heavy (non-hydrogen) atoms. The van der Waals surface area contributed by atoms with Gasteiger partial charge in [0.1, 0.15) is 11.4 Å². The quantitative estimate of drug-likeness (QED) is 0.827. The van der Waals surface area contributed by atoms with E-state index in [1.807, 2.05) is 0 Å². The summed E-state index contributed by atoms with van der Waals surface area (Å²) in [5.41, 5.74) is 0.879. The third kappa shape index (κ3) is 3.32. The Bertz CT molecular complexity index is 584. The van der Waals surface area contributed by atoms with Crippen molar-refractivity contribution in [2.75, 3.05) is 0 Å². The highest BCUT2D eigenvalue weighted by molar-refractivity contribution is 5.91. The van der Waals surface area contributed by atoms with Crippen molar-refractivity contribution in [3.05, 3.63) is 53.9 Å². The van der Waals surface area contributed by atoms with Crippen molar-refractivity contribution in [2.45, 2.75) is 6.54 Å². The molecule has 2 N–H and O–H groups in total. The molecule has 0 fully saturated rings. The van der Waals surface area contributed by atoms with E-state index in [0.717, 1.165) is 0 Å². The van der Waals surface area contributed by atoms with Crippen molar-refractivity contribution < 1.29 is 14.7 Å². The maximum Gasteiger partial charge on any atom is 0.354 e. The van der Waals surface area contributed by atoms with E-state index in [1.54, 1.807) is 6.07 Å². The first kappa shape index (κ1) is 12.6. The molecule has 2 aromatic rings. The third-order valence-electron chi connectivity index (χ3n) is 2.29. The lowest BCUT2D eigenvalue weighted by Gasteiger charge is -2.04. The zero-order chi connectivity index (χ0) is 13.7. The number of aromatic carboxylic acids is 1. The first-order chi connectivity index (χ1) is 9.16. The summed E-state index contributed by atoms with van der Waals surface area (Å²) in [4.78, 5) is 33.7. The molecule has 0 aliphatic carbocycles. The Morgan fingerprint density at radius 2 is 1.95 bits per heavy atom. The van der Waals surface area contributed by atoms with E-state index in [4.69, 9.17) is 5.11 Å². The van der Waals surface area contributed by atoms with Gasteiger partial charge >= 0.3 is 5.97 Å². The van der Waals surface area contributed by atoms with Crippen LogP contribution < -0.4 is 5.32 Å². The van der Waals surface area contributed by atoms with Gasteiger partial charge in [-0.15, -0.1) is 0 Å². The minimum Gasteiger partial charge on any atom is -0.477 e. The molecule has 0 radical (unpaired) electrons. The smallest absolute Gasteiger partial charge is 0.354 e. The predicted molar refractivity (Wildman–Crippen MR) is 64.4 cm³/mol. The summed E-state index contributed by atoms with van der Waals surface area (Å²) in [6.45, 7) is 0.238. The second-order valence-corrected chi connectivity index (χ2v) is 3.63. The van der Waals surface area contributed by atoms with Crippen LogP contribution in [0.25, 0.3) is 0 Å². The molecule has 96 valence electrons. The molecule has 0 aliphatic heterocycles. The number of carbonyl (C=O) groups is 2. The van der Waals surface area contributed by atoms with E-state index in [9.17, 15) is 9.59 Å². The third-order valence-corrected chi connectivity index (χ3v) is 2.29. The summed E-state index contributed by atoms with van der Waals surface area (Å²) < 4.78 is 0. The van der Waals surface area contributed by atoms with Crippen molar-refractivity contribution in [1.29, 1.82) is 0 Å². The second-order valence-electron chi connectivity index (χ2n) is 3.63. The molecule has 2 heterocycles. The van der Waals surface area contributed by atoms with Crippen molar-refractivity contribution in [3.63, 3.8) is 0 Å². The standard InChI is InChI=1S/C12H10N4O3/c17-11(10-7-13-3-4-14-10)16-6-8-1-2-9(12(18)19)15-5-8/h1-5,7H,6H2,(H,16,17)(H,18,19). The maximum atomic E-state index is 11.7. The predicted octanol–water partition coefficient (Wildman–Crippen LogP) is 0.500. The van der Waals surface area contributed by atoms with Gasteiger partial charge in [-0.25, -0.2) is 14.8 Å². The number of rotatable bonds is 4. The molecule has 7 heteroatoms. The van der Waals surface area contributed by atoms with Gasteiger partial charge in [0.2, 0.25) is 0 Å². The largest absolute Gasteiger partial charge is 0.477 e. The zero-order valence-electron chi connectivity index (χ0n) is 9.78. The monoisotopic (exact) mass is 258 g/mol. The molecule has 2 aromatic heterocycles. The topological polar surface area (TPSA) is 105 Å².